The average molecular weight is 283 g/mol. The number of benzene rings is 1. The number of hydrogen-bond acceptors (Lipinski definition) is 5. The highest BCUT2D eigenvalue weighted by atomic mass is 35.5. The van der Waals surface area contributed by atoms with E-state index in [1.807, 2.05) is 6.92 Å². The largest absolute Gasteiger partial charge is 0.495 e. The zero-order chi connectivity index (χ0) is 14.0. The van der Waals surface area contributed by atoms with Crippen molar-refractivity contribution >= 4 is 28.9 Å². The third-order valence-electron chi connectivity index (χ3n) is 2.58. The van der Waals surface area contributed by atoms with Gasteiger partial charge >= 0.3 is 0 Å². The first-order valence-electron chi connectivity index (χ1n) is 5.55. The molecule has 102 valence electrons. The molecule has 0 unspecified atom stereocenters. The van der Waals surface area contributed by atoms with Gasteiger partial charge in [-0.05, 0) is 6.92 Å². The van der Waals surface area contributed by atoms with Crippen molar-refractivity contribution in [1.82, 2.24) is 9.97 Å². The third-order valence-corrected chi connectivity index (χ3v) is 2.87. The summed E-state index contributed by atoms with van der Waals surface area (Å²) in [6, 6.07) is 3.39. The molecule has 7 heteroatoms. The second-order valence-electron chi connectivity index (χ2n) is 3.90. The lowest BCUT2D eigenvalue weighted by Crippen LogP contribution is -1.99. The molecule has 0 saturated heterocycles. The van der Waals surface area contributed by atoms with E-state index in [4.69, 9.17) is 26.8 Å². The number of nitrogens with zero attached hydrogens (tertiary/aromatic N) is 1. The lowest BCUT2D eigenvalue weighted by molar-refractivity contribution is 0.405. The molecule has 4 N–H and O–H groups in total. The number of imidazole rings is 1. The molecule has 19 heavy (non-hydrogen) atoms. The molecule has 2 aromatic rings. The maximum absolute atomic E-state index is 6.04. The van der Waals surface area contributed by atoms with Gasteiger partial charge in [-0.25, -0.2) is 4.98 Å². The summed E-state index contributed by atoms with van der Waals surface area (Å²) in [7, 11) is 3.10. The highest BCUT2D eigenvalue weighted by molar-refractivity contribution is 6.32. The predicted molar refractivity (Wildman–Crippen MR) is 75.6 cm³/mol. The van der Waals surface area contributed by atoms with Gasteiger partial charge in [0.05, 0.1) is 24.9 Å². The maximum Gasteiger partial charge on any atom is 0.173 e. The van der Waals surface area contributed by atoms with Crippen LogP contribution in [0.25, 0.3) is 0 Å². The van der Waals surface area contributed by atoms with Crippen molar-refractivity contribution in [2.45, 2.75) is 6.92 Å². The fourth-order valence-corrected chi connectivity index (χ4v) is 1.92. The van der Waals surface area contributed by atoms with E-state index in [1.54, 1.807) is 26.4 Å². The minimum Gasteiger partial charge on any atom is -0.495 e. The molecule has 1 heterocycles. The van der Waals surface area contributed by atoms with Crippen LogP contribution in [0, 0.1) is 6.92 Å². The molecule has 0 saturated carbocycles. The number of nitrogens with two attached hydrogens (primary N) is 1. The fraction of sp³-hybridized carbons (Fsp3) is 0.250. The fourth-order valence-electron chi connectivity index (χ4n) is 1.69. The number of methoxy groups -OCH3 is 2. The van der Waals surface area contributed by atoms with Crippen molar-refractivity contribution in [3.05, 3.63) is 23.0 Å². The third kappa shape index (κ3) is 2.68. The molecule has 0 amide bonds. The number of anilines is 3. The molecule has 0 spiro atoms. The molecule has 0 fully saturated rings. The normalized spacial score (nSPS) is 10.3. The summed E-state index contributed by atoms with van der Waals surface area (Å²) in [5.74, 6) is 2.81. The first-order valence-corrected chi connectivity index (χ1v) is 5.93. The molecule has 0 aliphatic carbocycles. The molecule has 0 aliphatic heterocycles. The standard InChI is InChI=1S/C12H15ClN4O2/c1-6-15-11(14)12(16-6)17-8-5-9(18-2)7(13)4-10(8)19-3/h4-5,17H,14H2,1-3H3,(H,15,16). The number of aryl methyl sites for hydroxylation is 1. The molecule has 0 radical (unpaired) electrons. The van der Waals surface area contributed by atoms with Gasteiger partial charge in [0, 0.05) is 12.1 Å². The molecule has 0 bridgehead atoms. The summed E-state index contributed by atoms with van der Waals surface area (Å²) in [5.41, 5.74) is 6.47. The van der Waals surface area contributed by atoms with Crippen molar-refractivity contribution in [1.29, 1.82) is 0 Å². The predicted octanol–water partition coefficient (Wildman–Crippen LogP) is 2.71. The monoisotopic (exact) mass is 282 g/mol. The quantitative estimate of drug-likeness (QED) is 0.803. The minimum absolute atomic E-state index is 0.452. The van der Waals surface area contributed by atoms with E-state index in [0.717, 1.165) is 5.82 Å². The van der Waals surface area contributed by atoms with Crippen LogP contribution in [0.1, 0.15) is 5.82 Å². The van der Waals surface area contributed by atoms with Crippen LogP contribution in [0.4, 0.5) is 17.3 Å². The molecule has 0 aliphatic rings. The minimum atomic E-state index is 0.452. The highest BCUT2D eigenvalue weighted by Gasteiger charge is 2.12. The summed E-state index contributed by atoms with van der Waals surface area (Å²) in [4.78, 5) is 7.15. The molecular weight excluding hydrogens is 268 g/mol. The Hall–Kier alpha value is -2.08. The van der Waals surface area contributed by atoms with Crippen LogP contribution < -0.4 is 20.5 Å². The first kappa shape index (κ1) is 13.4. The van der Waals surface area contributed by atoms with Crippen molar-refractivity contribution in [3.63, 3.8) is 0 Å². The lowest BCUT2D eigenvalue weighted by atomic mass is 10.2. The van der Waals surface area contributed by atoms with E-state index in [9.17, 15) is 0 Å². The zero-order valence-electron chi connectivity index (χ0n) is 10.9. The van der Waals surface area contributed by atoms with E-state index in [0.29, 0.717) is 33.8 Å². The Kier molecular flexibility index (Phi) is 3.71. The molecule has 2 rings (SSSR count). The number of ether oxygens (including phenoxy) is 2. The summed E-state index contributed by atoms with van der Waals surface area (Å²) in [5, 5.41) is 3.55. The smallest absolute Gasteiger partial charge is 0.173 e. The number of hydrogen-bond donors (Lipinski definition) is 3. The average Bonchev–Trinajstić information content (AvgIpc) is 2.69. The Labute approximate surface area is 115 Å². The second kappa shape index (κ2) is 5.27. The lowest BCUT2D eigenvalue weighted by Gasteiger charge is -2.12. The van der Waals surface area contributed by atoms with Gasteiger partial charge in [-0.15, -0.1) is 0 Å². The Balaban J connectivity index is 2.40. The first-order chi connectivity index (χ1) is 9.05. The van der Waals surface area contributed by atoms with E-state index < -0.39 is 0 Å². The van der Waals surface area contributed by atoms with Crippen LogP contribution in [0.15, 0.2) is 12.1 Å². The van der Waals surface area contributed by atoms with Crippen molar-refractivity contribution < 1.29 is 9.47 Å². The number of H-pyrrole nitrogens is 1. The van der Waals surface area contributed by atoms with Gasteiger partial charge in [-0.1, -0.05) is 11.6 Å². The SMILES string of the molecule is COc1cc(Nc2nc(C)[nH]c2N)c(OC)cc1Cl. The summed E-state index contributed by atoms with van der Waals surface area (Å²) in [6.45, 7) is 1.82. The van der Waals surface area contributed by atoms with Gasteiger partial charge in [-0.2, -0.15) is 0 Å². The van der Waals surface area contributed by atoms with Gasteiger partial charge in [0.25, 0.3) is 0 Å². The topological polar surface area (TPSA) is 85.2 Å². The van der Waals surface area contributed by atoms with Crippen LogP contribution >= 0.6 is 11.6 Å². The van der Waals surface area contributed by atoms with Crippen LogP contribution in [-0.4, -0.2) is 24.2 Å². The number of nitrogen functional groups attached to an aromatic ring is 1. The highest BCUT2D eigenvalue weighted by Crippen LogP contribution is 2.37. The van der Waals surface area contributed by atoms with Crippen LogP contribution in [0.2, 0.25) is 5.02 Å². The van der Waals surface area contributed by atoms with E-state index in [2.05, 4.69) is 15.3 Å². The van der Waals surface area contributed by atoms with E-state index >= 15 is 0 Å². The van der Waals surface area contributed by atoms with E-state index in [1.165, 1.54) is 0 Å². The number of nitrogens with one attached hydrogen (secondary N) is 2. The molecule has 1 aromatic heterocycles. The van der Waals surface area contributed by atoms with E-state index in [-0.39, 0.29) is 0 Å². The molecule has 0 atom stereocenters. The van der Waals surface area contributed by atoms with Crippen molar-refractivity contribution in [2.24, 2.45) is 0 Å². The second-order valence-corrected chi connectivity index (χ2v) is 4.30. The Bertz CT molecular complexity index is 598. The van der Waals surface area contributed by atoms with Gasteiger partial charge in [0.2, 0.25) is 0 Å². The molecule has 1 aromatic carbocycles. The molecular formula is C12H15ClN4O2. The Morgan fingerprint density at radius 3 is 2.47 bits per heavy atom. The molecule has 6 nitrogen and oxygen atoms in total. The summed E-state index contributed by atoms with van der Waals surface area (Å²) >= 11 is 6.04. The Morgan fingerprint density at radius 2 is 1.95 bits per heavy atom. The summed E-state index contributed by atoms with van der Waals surface area (Å²) < 4.78 is 10.4. The van der Waals surface area contributed by atoms with Gasteiger partial charge in [0.15, 0.2) is 5.82 Å². The number of aromatic nitrogens is 2. The van der Waals surface area contributed by atoms with Crippen LogP contribution in [0.3, 0.4) is 0 Å². The summed E-state index contributed by atoms with van der Waals surface area (Å²) in [6.07, 6.45) is 0. The number of halogens is 1. The van der Waals surface area contributed by atoms with Crippen molar-refractivity contribution in [2.75, 3.05) is 25.3 Å². The van der Waals surface area contributed by atoms with Gasteiger partial charge < -0.3 is 25.5 Å². The van der Waals surface area contributed by atoms with Crippen LogP contribution in [0.5, 0.6) is 11.5 Å². The Morgan fingerprint density at radius 1 is 1.26 bits per heavy atom. The van der Waals surface area contributed by atoms with Gasteiger partial charge in [-0.3, -0.25) is 0 Å². The van der Waals surface area contributed by atoms with Crippen molar-refractivity contribution in [3.8, 4) is 11.5 Å². The maximum atomic E-state index is 6.04. The van der Waals surface area contributed by atoms with Gasteiger partial charge in [0.1, 0.15) is 23.1 Å². The van der Waals surface area contributed by atoms with Crippen LogP contribution in [-0.2, 0) is 0 Å². The zero-order valence-corrected chi connectivity index (χ0v) is 11.6. The number of rotatable bonds is 4. The number of aromatic amines is 1.